The molecular formula is C23H30NO10PS. The molecule has 0 spiro atoms. The third-order valence-corrected chi connectivity index (χ3v) is 7.66. The molecule has 0 fully saturated rings. The molecule has 0 aliphatic rings. The van der Waals surface area contributed by atoms with Crippen molar-refractivity contribution in [1.82, 2.24) is 0 Å². The summed E-state index contributed by atoms with van der Waals surface area (Å²) in [5.41, 5.74) is 1.18. The molecule has 36 heavy (non-hydrogen) atoms. The zero-order valence-electron chi connectivity index (χ0n) is 20.7. The summed E-state index contributed by atoms with van der Waals surface area (Å²) >= 11 is -2.29. The molecule has 0 aromatic heterocycles. The molecule has 0 aliphatic carbocycles. The fraction of sp³-hybridized carbons (Fsp3) is 0.348. The van der Waals surface area contributed by atoms with Gasteiger partial charge >= 0.3 is 7.60 Å². The van der Waals surface area contributed by atoms with Gasteiger partial charge in [0.05, 0.1) is 45.4 Å². The summed E-state index contributed by atoms with van der Waals surface area (Å²) in [5, 5.41) is 0.414. The zero-order valence-corrected chi connectivity index (χ0v) is 22.4. The molecule has 0 saturated heterocycles. The number of benzene rings is 2. The minimum absolute atomic E-state index is 0.0416. The van der Waals surface area contributed by atoms with Crippen LogP contribution in [0.3, 0.4) is 0 Å². The average molecular weight is 544 g/mol. The van der Waals surface area contributed by atoms with Crippen molar-refractivity contribution >= 4 is 41.8 Å². The van der Waals surface area contributed by atoms with Gasteiger partial charge in [0.1, 0.15) is 16.7 Å². The Morgan fingerprint density at radius 2 is 1.53 bits per heavy atom. The van der Waals surface area contributed by atoms with E-state index in [2.05, 4.69) is 5.32 Å². The van der Waals surface area contributed by atoms with Gasteiger partial charge in [-0.1, -0.05) is 12.1 Å². The minimum Gasteiger partial charge on any atom is -0.496 e. The maximum absolute atomic E-state index is 12.7. The van der Waals surface area contributed by atoms with E-state index in [0.717, 1.165) is 13.8 Å². The Morgan fingerprint density at radius 3 is 2.03 bits per heavy atom. The molecule has 1 amide bonds. The van der Waals surface area contributed by atoms with Crippen molar-refractivity contribution in [2.45, 2.75) is 24.8 Å². The lowest BCUT2D eigenvalue weighted by Gasteiger charge is -2.25. The average Bonchev–Trinajstić information content (AvgIpc) is 2.81. The van der Waals surface area contributed by atoms with Crippen molar-refractivity contribution in [3.8, 4) is 11.5 Å². The first-order valence-corrected chi connectivity index (χ1v) is 13.3. The summed E-state index contributed by atoms with van der Waals surface area (Å²) < 4.78 is 55.4. The maximum atomic E-state index is 12.7. The zero-order chi connectivity index (χ0) is 27.3. The van der Waals surface area contributed by atoms with E-state index < -0.39 is 29.7 Å². The number of methoxy groups -OCH3 is 4. The fourth-order valence-corrected chi connectivity index (χ4v) is 4.07. The lowest BCUT2D eigenvalue weighted by Crippen LogP contribution is -2.37. The number of amides is 1. The van der Waals surface area contributed by atoms with E-state index in [1.54, 1.807) is 24.3 Å². The number of ether oxygens (including phenoxy) is 4. The van der Waals surface area contributed by atoms with E-state index >= 15 is 0 Å². The quantitative estimate of drug-likeness (QED) is 0.143. The molecule has 0 bridgehead atoms. The van der Waals surface area contributed by atoms with Crippen LogP contribution in [0.2, 0.25) is 0 Å². The minimum atomic E-state index is -4.81. The van der Waals surface area contributed by atoms with Gasteiger partial charge in [-0.05, 0) is 43.7 Å². The van der Waals surface area contributed by atoms with E-state index in [-0.39, 0.29) is 34.3 Å². The molecular weight excluding hydrogens is 513 g/mol. The van der Waals surface area contributed by atoms with Crippen LogP contribution in [-0.2, 0) is 35.7 Å². The van der Waals surface area contributed by atoms with Gasteiger partial charge in [-0.25, -0.2) is 4.21 Å². The smallest absolute Gasteiger partial charge is 0.340 e. The number of nitrogens with one attached hydrogen (secondary N) is 1. The van der Waals surface area contributed by atoms with Crippen LogP contribution in [0.4, 0.5) is 5.69 Å². The van der Waals surface area contributed by atoms with Crippen molar-refractivity contribution in [2.24, 2.45) is 0 Å². The number of rotatable bonds is 11. The van der Waals surface area contributed by atoms with Gasteiger partial charge in [0.25, 0.3) is 0 Å². The second-order valence-electron chi connectivity index (χ2n) is 8.00. The predicted molar refractivity (Wildman–Crippen MR) is 136 cm³/mol. The van der Waals surface area contributed by atoms with Gasteiger partial charge in [0.15, 0.2) is 22.6 Å². The van der Waals surface area contributed by atoms with Gasteiger partial charge in [-0.3, -0.25) is 9.36 Å². The van der Waals surface area contributed by atoms with Crippen molar-refractivity contribution in [3.63, 3.8) is 0 Å². The van der Waals surface area contributed by atoms with E-state index in [1.165, 1.54) is 40.6 Å². The summed E-state index contributed by atoms with van der Waals surface area (Å²) in [6.45, 7) is 2.22. The second kappa shape index (κ2) is 11.9. The van der Waals surface area contributed by atoms with Crippen molar-refractivity contribution in [1.29, 1.82) is 0 Å². The van der Waals surface area contributed by atoms with Gasteiger partial charge in [0.2, 0.25) is 5.91 Å². The Hall–Kier alpha value is -2.89. The number of carbonyl (C=O) groups is 1. The van der Waals surface area contributed by atoms with Gasteiger partial charge in [-0.2, -0.15) is 0 Å². The van der Waals surface area contributed by atoms with E-state index in [1.807, 2.05) is 0 Å². The summed E-state index contributed by atoms with van der Waals surface area (Å²) in [6, 6.07) is 9.88. The van der Waals surface area contributed by atoms with Crippen LogP contribution in [0.15, 0.2) is 36.4 Å². The van der Waals surface area contributed by atoms with Gasteiger partial charge in [-0.15, -0.1) is 0 Å². The molecule has 0 aliphatic heterocycles. The Balaban J connectivity index is 2.79. The van der Waals surface area contributed by atoms with E-state index in [9.17, 15) is 27.9 Å². The SMILES string of the molecule is COC(=C(OC)c1ccccc1OC)c1cc(OC)c(NC(=O)C(C)(C)P(=O)(O)O)cc1CS(=O)O. The predicted octanol–water partition coefficient (Wildman–Crippen LogP) is 3.44. The number of anilines is 1. The Morgan fingerprint density at radius 1 is 0.972 bits per heavy atom. The maximum Gasteiger partial charge on any atom is 0.340 e. The van der Waals surface area contributed by atoms with Crippen LogP contribution in [0, 0.1) is 0 Å². The molecule has 13 heteroatoms. The molecule has 0 heterocycles. The van der Waals surface area contributed by atoms with Crippen molar-refractivity contribution in [3.05, 3.63) is 53.1 Å². The van der Waals surface area contributed by atoms with Crippen LogP contribution in [0.25, 0.3) is 11.5 Å². The van der Waals surface area contributed by atoms with Crippen molar-refractivity contribution in [2.75, 3.05) is 33.8 Å². The largest absolute Gasteiger partial charge is 0.496 e. The molecule has 2 aromatic carbocycles. The highest BCUT2D eigenvalue weighted by molar-refractivity contribution is 7.78. The normalized spacial score (nSPS) is 13.4. The molecule has 1 unspecified atom stereocenters. The molecule has 0 radical (unpaired) electrons. The third kappa shape index (κ3) is 6.26. The first kappa shape index (κ1) is 29.3. The van der Waals surface area contributed by atoms with Gasteiger partial charge in [0, 0.05) is 5.56 Å². The van der Waals surface area contributed by atoms with Crippen LogP contribution in [0.1, 0.15) is 30.5 Å². The second-order valence-corrected chi connectivity index (χ2v) is 11.1. The highest BCUT2D eigenvalue weighted by atomic mass is 32.2. The van der Waals surface area contributed by atoms with E-state index in [0.29, 0.717) is 16.9 Å². The summed E-state index contributed by atoms with van der Waals surface area (Å²) in [4.78, 5) is 31.9. The molecule has 11 nitrogen and oxygen atoms in total. The highest BCUT2D eigenvalue weighted by Crippen LogP contribution is 2.51. The lowest BCUT2D eigenvalue weighted by molar-refractivity contribution is -0.118. The number of hydrogen-bond donors (Lipinski definition) is 4. The number of para-hydroxylation sites is 1. The number of carbonyl (C=O) groups excluding carboxylic acids is 1. The molecule has 4 N–H and O–H groups in total. The number of hydrogen-bond acceptors (Lipinski definition) is 7. The topological polar surface area (TPSA) is 161 Å². The van der Waals surface area contributed by atoms with Crippen LogP contribution >= 0.6 is 7.60 Å². The highest BCUT2D eigenvalue weighted by Gasteiger charge is 2.45. The molecule has 0 saturated carbocycles. The Bertz CT molecular complexity index is 1220. The standard InChI is InChI=1S/C23H30NO10PS/c1-23(2,35(26,27)28)22(25)24-17-11-14(13-36(29)30)16(12-19(17)32-4)21(34-6)20(33-5)15-9-7-8-10-18(15)31-3/h7-12H,13H2,1-6H3,(H,24,25)(H,29,30)(H2,26,27,28). The first-order valence-electron chi connectivity index (χ1n) is 10.4. The molecule has 198 valence electrons. The Labute approximate surface area is 211 Å². The van der Waals surface area contributed by atoms with Gasteiger partial charge < -0.3 is 38.6 Å². The summed E-state index contributed by atoms with van der Waals surface area (Å²) in [6.07, 6.45) is 0. The molecule has 2 aromatic rings. The monoisotopic (exact) mass is 543 g/mol. The van der Waals surface area contributed by atoms with Crippen LogP contribution < -0.4 is 14.8 Å². The summed E-state index contributed by atoms with van der Waals surface area (Å²) in [7, 11) is 0.854. The lowest BCUT2D eigenvalue weighted by atomic mass is 10.0. The molecule has 1 atom stereocenters. The molecule has 2 rings (SSSR count). The Kier molecular flexibility index (Phi) is 9.70. The summed E-state index contributed by atoms with van der Waals surface area (Å²) in [5.74, 6) is -0.272. The van der Waals surface area contributed by atoms with Crippen LogP contribution in [0.5, 0.6) is 11.5 Å². The fourth-order valence-electron chi connectivity index (χ4n) is 3.24. The first-order chi connectivity index (χ1) is 16.8. The van der Waals surface area contributed by atoms with Crippen molar-refractivity contribution < 1.29 is 46.9 Å². The third-order valence-electron chi connectivity index (χ3n) is 5.45. The van der Waals surface area contributed by atoms with E-state index in [4.69, 9.17) is 18.9 Å². The van der Waals surface area contributed by atoms with Crippen LogP contribution in [-0.4, -0.2) is 58.1 Å².